The molecule has 0 aliphatic carbocycles. The van der Waals surface area contributed by atoms with Crippen LogP contribution in [0.3, 0.4) is 0 Å². The van der Waals surface area contributed by atoms with E-state index in [0.29, 0.717) is 30.9 Å². The van der Waals surface area contributed by atoms with Gasteiger partial charge >= 0.3 is 0 Å². The van der Waals surface area contributed by atoms with Crippen LogP contribution in [0.4, 0.5) is 0 Å². The van der Waals surface area contributed by atoms with Gasteiger partial charge in [-0.3, -0.25) is 9.88 Å². The predicted molar refractivity (Wildman–Crippen MR) is 88.0 cm³/mol. The fourth-order valence-corrected chi connectivity index (χ4v) is 3.29. The zero-order chi connectivity index (χ0) is 16.9. The van der Waals surface area contributed by atoms with Gasteiger partial charge in [-0.25, -0.2) is 4.98 Å². The van der Waals surface area contributed by atoms with E-state index in [0.717, 1.165) is 51.4 Å². The summed E-state index contributed by atoms with van der Waals surface area (Å²) in [4.78, 5) is 10.5. The van der Waals surface area contributed by atoms with E-state index in [4.69, 9.17) is 13.9 Å². The summed E-state index contributed by atoms with van der Waals surface area (Å²) >= 11 is 0. The van der Waals surface area contributed by atoms with Crippen LogP contribution in [-0.4, -0.2) is 58.0 Å². The lowest BCUT2D eigenvalue weighted by Crippen LogP contribution is -2.35. The Labute approximate surface area is 146 Å². The van der Waals surface area contributed by atoms with Crippen molar-refractivity contribution >= 4 is 0 Å². The zero-order valence-corrected chi connectivity index (χ0v) is 14.2. The first-order valence-electron chi connectivity index (χ1n) is 8.88. The number of ether oxygens (including phenoxy) is 2. The largest absolute Gasteiger partial charge is 0.476 e. The molecule has 4 heterocycles. The highest BCUT2D eigenvalue weighted by Gasteiger charge is 2.25. The average molecular weight is 345 g/mol. The SMILES string of the molecule is c1cnc(OCC2CCN(Cc3nnc(C4CCOC4)o3)CC2)cn1. The van der Waals surface area contributed by atoms with Crippen molar-refractivity contribution in [3.63, 3.8) is 0 Å². The predicted octanol–water partition coefficient (Wildman–Crippen LogP) is 1.65. The molecule has 1 unspecified atom stereocenters. The maximum Gasteiger partial charge on any atom is 0.232 e. The van der Waals surface area contributed by atoms with Crippen molar-refractivity contribution in [3.05, 3.63) is 30.4 Å². The van der Waals surface area contributed by atoms with Crippen molar-refractivity contribution in [2.75, 3.05) is 32.9 Å². The normalized spacial score (nSPS) is 22.3. The van der Waals surface area contributed by atoms with Gasteiger partial charge in [-0.15, -0.1) is 10.2 Å². The summed E-state index contributed by atoms with van der Waals surface area (Å²) in [6, 6.07) is 0. The van der Waals surface area contributed by atoms with Gasteiger partial charge in [0.2, 0.25) is 17.7 Å². The minimum absolute atomic E-state index is 0.269. The molecule has 2 aromatic heterocycles. The maximum absolute atomic E-state index is 5.82. The fourth-order valence-electron chi connectivity index (χ4n) is 3.29. The van der Waals surface area contributed by atoms with Crippen LogP contribution in [0.25, 0.3) is 0 Å². The van der Waals surface area contributed by atoms with E-state index in [1.165, 1.54) is 0 Å². The summed E-state index contributed by atoms with van der Waals surface area (Å²) in [7, 11) is 0. The molecule has 4 rings (SSSR count). The molecule has 0 N–H and O–H groups in total. The highest BCUT2D eigenvalue weighted by atomic mass is 16.5. The zero-order valence-electron chi connectivity index (χ0n) is 14.2. The third kappa shape index (κ3) is 4.32. The van der Waals surface area contributed by atoms with Crippen LogP contribution < -0.4 is 4.74 Å². The molecular formula is C17H23N5O3. The van der Waals surface area contributed by atoms with Crippen molar-refractivity contribution in [2.45, 2.75) is 31.7 Å². The van der Waals surface area contributed by atoms with E-state index in [-0.39, 0.29) is 5.92 Å². The second kappa shape index (κ2) is 7.88. The van der Waals surface area contributed by atoms with E-state index in [1.54, 1.807) is 18.6 Å². The number of likely N-dealkylation sites (tertiary alicyclic amines) is 1. The molecule has 8 nitrogen and oxygen atoms in total. The molecule has 2 aliphatic heterocycles. The number of rotatable bonds is 6. The number of hydrogen-bond acceptors (Lipinski definition) is 8. The van der Waals surface area contributed by atoms with E-state index >= 15 is 0 Å². The molecule has 2 aromatic rings. The van der Waals surface area contributed by atoms with Gasteiger partial charge in [-0.2, -0.15) is 0 Å². The average Bonchev–Trinajstić information content (AvgIpc) is 3.34. The minimum atomic E-state index is 0.269. The summed E-state index contributed by atoms with van der Waals surface area (Å²) in [5.74, 6) is 2.84. The molecule has 134 valence electrons. The number of nitrogens with zero attached hydrogens (tertiary/aromatic N) is 5. The molecule has 0 amide bonds. The summed E-state index contributed by atoms with van der Waals surface area (Å²) < 4.78 is 16.9. The molecule has 0 radical (unpaired) electrons. The summed E-state index contributed by atoms with van der Waals surface area (Å²) in [6.07, 6.45) is 8.11. The van der Waals surface area contributed by atoms with Gasteiger partial charge in [0, 0.05) is 19.0 Å². The summed E-state index contributed by atoms with van der Waals surface area (Å²) in [5, 5.41) is 8.38. The Hall–Kier alpha value is -2.06. The highest BCUT2D eigenvalue weighted by molar-refractivity contribution is 5.01. The Morgan fingerprint density at radius 3 is 2.84 bits per heavy atom. The lowest BCUT2D eigenvalue weighted by Gasteiger charge is -2.30. The molecule has 1 atom stereocenters. The monoisotopic (exact) mass is 345 g/mol. The minimum Gasteiger partial charge on any atom is -0.476 e. The summed E-state index contributed by atoms with van der Waals surface area (Å²) in [6.45, 7) is 4.92. The Morgan fingerprint density at radius 1 is 1.16 bits per heavy atom. The Kier molecular flexibility index (Phi) is 5.17. The van der Waals surface area contributed by atoms with E-state index in [1.807, 2.05) is 0 Å². The van der Waals surface area contributed by atoms with Gasteiger partial charge in [0.05, 0.1) is 31.9 Å². The third-order valence-electron chi connectivity index (χ3n) is 4.83. The van der Waals surface area contributed by atoms with Gasteiger partial charge in [-0.1, -0.05) is 0 Å². The van der Waals surface area contributed by atoms with Crippen molar-refractivity contribution in [1.29, 1.82) is 0 Å². The molecule has 0 aromatic carbocycles. The maximum atomic E-state index is 5.82. The second-order valence-electron chi connectivity index (χ2n) is 6.67. The molecule has 25 heavy (non-hydrogen) atoms. The van der Waals surface area contributed by atoms with Gasteiger partial charge < -0.3 is 13.9 Å². The van der Waals surface area contributed by atoms with Crippen molar-refractivity contribution in [1.82, 2.24) is 25.1 Å². The first-order valence-corrected chi connectivity index (χ1v) is 8.88. The molecule has 8 heteroatoms. The van der Waals surface area contributed by atoms with E-state index < -0.39 is 0 Å². The van der Waals surface area contributed by atoms with Gasteiger partial charge in [0.25, 0.3) is 0 Å². The Morgan fingerprint density at radius 2 is 2.08 bits per heavy atom. The van der Waals surface area contributed by atoms with Gasteiger partial charge in [0.1, 0.15) is 0 Å². The second-order valence-corrected chi connectivity index (χ2v) is 6.67. The van der Waals surface area contributed by atoms with Crippen molar-refractivity contribution in [2.24, 2.45) is 5.92 Å². The molecule has 2 aliphatic rings. The van der Waals surface area contributed by atoms with Crippen molar-refractivity contribution < 1.29 is 13.9 Å². The molecular weight excluding hydrogens is 322 g/mol. The summed E-state index contributed by atoms with van der Waals surface area (Å²) in [5.41, 5.74) is 0. The smallest absolute Gasteiger partial charge is 0.232 e. The lowest BCUT2D eigenvalue weighted by molar-refractivity contribution is 0.126. The van der Waals surface area contributed by atoms with Crippen LogP contribution in [-0.2, 0) is 11.3 Å². The van der Waals surface area contributed by atoms with Gasteiger partial charge in [-0.05, 0) is 38.3 Å². The Bertz CT molecular complexity index is 651. The number of aromatic nitrogens is 4. The van der Waals surface area contributed by atoms with Crippen LogP contribution in [0, 0.1) is 5.92 Å². The van der Waals surface area contributed by atoms with Crippen LogP contribution in [0.5, 0.6) is 5.88 Å². The van der Waals surface area contributed by atoms with Crippen molar-refractivity contribution in [3.8, 4) is 5.88 Å². The molecule has 0 saturated carbocycles. The molecule has 0 spiro atoms. The number of piperidine rings is 1. The van der Waals surface area contributed by atoms with Crippen LogP contribution >= 0.6 is 0 Å². The lowest BCUT2D eigenvalue weighted by atomic mass is 9.98. The quantitative estimate of drug-likeness (QED) is 0.781. The number of hydrogen-bond donors (Lipinski definition) is 0. The highest BCUT2D eigenvalue weighted by Crippen LogP contribution is 2.25. The van der Waals surface area contributed by atoms with E-state index in [2.05, 4.69) is 25.1 Å². The van der Waals surface area contributed by atoms with Gasteiger partial charge in [0.15, 0.2) is 0 Å². The molecule has 2 saturated heterocycles. The first kappa shape index (κ1) is 16.4. The van der Waals surface area contributed by atoms with E-state index in [9.17, 15) is 0 Å². The van der Waals surface area contributed by atoms with Crippen LogP contribution in [0.1, 0.15) is 37.0 Å². The first-order chi connectivity index (χ1) is 12.4. The third-order valence-corrected chi connectivity index (χ3v) is 4.83. The van der Waals surface area contributed by atoms with Crippen LogP contribution in [0.15, 0.2) is 23.0 Å². The van der Waals surface area contributed by atoms with Crippen LogP contribution in [0.2, 0.25) is 0 Å². The molecule has 0 bridgehead atoms. The molecule has 2 fully saturated rings. The Balaban J connectivity index is 1.21. The fraction of sp³-hybridized carbons (Fsp3) is 0.647. The topological polar surface area (TPSA) is 86.4 Å². The standard InChI is InChI=1S/C17H23N5O3/c1-6-22(7-2-13(1)11-24-15-9-18-4-5-19-15)10-16-20-21-17(25-16)14-3-8-23-12-14/h4-5,9,13-14H,1-3,6-8,10-12H2.